The number of nitrogens with zero attached hydrogens (tertiary/aromatic N) is 4. The van der Waals surface area contributed by atoms with Crippen molar-refractivity contribution in [3.63, 3.8) is 0 Å². The van der Waals surface area contributed by atoms with Crippen molar-refractivity contribution in [3.05, 3.63) is 42.4 Å². The van der Waals surface area contributed by atoms with Crippen molar-refractivity contribution in [2.24, 2.45) is 0 Å². The number of piperidine rings is 1. The van der Waals surface area contributed by atoms with Crippen LogP contribution in [-0.2, 0) is 0 Å². The third-order valence-electron chi connectivity index (χ3n) is 4.68. The third-order valence-corrected chi connectivity index (χ3v) is 4.68. The van der Waals surface area contributed by atoms with Gasteiger partial charge in [0.05, 0.1) is 12.8 Å². The molecule has 148 valence electrons. The molecule has 9 nitrogen and oxygen atoms in total. The SMILES string of the molecule is COc1cc(OC2CCNCC2)ccc1-c1cc(Nc2nccnc2C#N)n[nH]1. The molecule has 0 bridgehead atoms. The number of methoxy groups -OCH3 is 1. The average Bonchev–Trinajstić information content (AvgIpc) is 3.23. The number of nitriles is 1. The molecule has 1 saturated heterocycles. The van der Waals surface area contributed by atoms with Crippen molar-refractivity contribution in [1.82, 2.24) is 25.5 Å². The van der Waals surface area contributed by atoms with Crippen LogP contribution >= 0.6 is 0 Å². The molecule has 0 aliphatic carbocycles. The van der Waals surface area contributed by atoms with E-state index in [9.17, 15) is 0 Å². The molecule has 0 amide bonds. The maximum atomic E-state index is 9.14. The minimum absolute atomic E-state index is 0.203. The highest BCUT2D eigenvalue weighted by molar-refractivity contribution is 5.72. The maximum Gasteiger partial charge on any atom is 0.183 e. The van der Waals surface area contributed by atoms with E-state index in [4.69, 9.17) is 14.7 Å². The fraction of sp³-hybridized carbons (Fsp3) is 0.300. The van der Waals surface area contributed by atoms with Gasteiger partial charge in [0, 0.05) is 30.1 Å². The molecule has 1 fully saturated rings. The van der Waals surface area contributed by atoms with Crippen molar-refractivity contribution in [2.45, 2.75) is 18.9 Å². The molecule has 2 aromatic heterocycles. The van der Waals surface area contributed by atoms with Crippen LogP contribution in [0, 0.1) is 11.3 Å². The minimum atomic E-state index is 0.203. The van der Waals surface area contributed by atoms with Gasteiger partial charge in [0.2, 0.25) is 0 Å². The summed E-state index contributed by atoms with van der Waals surface area (Å²) in [6.45, 7) is 1.95. The van der Waals surface area contributed by atoms with Gasteiger partial charge in [0.15, 0.2) is 17.3 Å². The number of aromatic nitrogens is 4. The Labute approximate surface area is 168 Å². The zero-order valence-corrected chi connectivity index (χ0v) is 16.0. The first-order valence-electron chi connectivity index (χ1n) is 9.36. The van der Waals surface area contributed by atoms with Crippen molar-refractivity contribution in [1.29, 1.82) is 5.26 Å². The first kappa shape index (κ1) is 18.7. The lowest BCUT2D eigenvalue weighted by molar-refractivity contribution is 0.162. The van der Waals surface area contributed by atoms with E-state index in [1.165, 1.54) is 12.4 Å². The summed E-state index contributed by atoms with van der Waals surface area (Å²) in [5.41, 5.74) is 1.82. The smallest absolute Gasteiger partial charge is 0.183 e. The maximum absolute atomic E-state index is 9.14. The quantitative estimate of drug-likeness (QED) is 0.586. The van der Waals surface area contributed by atoms with Crippen molar-refractivity contribution in [2.75, 3.05) is 25.5 Å². The number of ether oxygens (including phenoxy) is 2. The topological polar surface area (TPSA) is 121 Å². The van der Waals surface area contributed by atoms with E-state index in [0.717, 1.165) is 42.9 Å². The molecule has 1 aromatic carbocycles. The molecule has 0 spiro atoms. The first-order valence-corrected chi connectivity index (χ1v) is 9.36. The Morgan fingerprint density at radius 2 is 2.00 bits per heavy atom. The van der Waals surface area contributed by atoms with Crippen LogP contribution in [0.1, 0.15) is 18.5 Å². The average molecular weight is 391 g/mol. The normalized spacial score (nSPS) is 14.2. The van der Waals surface area contributed by atoms with Gasteiger partial charge in [-0.1, -0.05) is 0 Å². The van der Waals surface area contributed by atoms with Gasteiger partial charge in [0.1, 0.15) is 23.7 Å². The molecule has 0 saturated carbocycles. The zero-order valence-electron chi connectivity index (χ0n) is 16.0. The Morgan fingerprint density at radius 1 is 1.17 bits per heavy atom. The molecule has 1 aliphatic rings. The number of benzene rings is 1. The summed E-state index contributed by atoms with van der Waals surface area (Å²) < 4.78 is 11.7. The molecule has 3 N–H and O–H groups in total. The van der Waals surface area contributed by atoms with Gasteiger partial charge in [-0.05, 0) is 38.1 Å². The zero-order chi connectivity index (χ0) is 20.1. The lowest BCUT2D eigenvalue weighted by Gasteiger charge is -2.24. The van der Waals surface area contributed by atoms with E-state index in [0.29, 0.717) is 17.4 Å². The van der Waals surface area contributed by atoms with Crippen LogP contribution in [0.25, 0.3) is 11.3 Å². The van der Waals surface area contributed by atoms with E-state index in [1.807, 2.05) is 30.3 Å². The van der Waals surface area contributed by atoms with E-state index in [-0.39, 0.29) is 11.8 Å². The number of nitrogens with one attached hydrogen (secondary N) is 3. The minimum Gasteiger partial charge on any atom is -0.496 e. The van der Waals surface area contributed by atoms with E-state index in [2.05, 4.69) is 30.8 Å². The predicted molar refractivity (Wildman–Crippen MR) is 107 cm³/mol. The number of H-pyrrole nitrogens is 1. The van der Waals surface area contributed by atoms with Crippen LogP contribution < -0.4 is 20.1 Å². The molecular formula is C20H21N7O2. The first-order chi connectivity index (χ1) is 14.3. The summed E-state index contributed by atoms with van der Waals surface area (Å²) in [5.74, 6) is 2.34. The second-order valence-electron chi connectivity index (χ2n) is 6.59. The predicted octanol–water partition coefficient (Wildman–Crippen LogP) is 2.62. The summed E-state index contributed by atoms with van der Waals surface area (Å²) in [5, 5.41) is 22.7. The molecule has 9 heteroatoms. The van der Waals surface area contributed by atoms with Crippen molar-refractivity contribution < 1.29 is 9.47 Å². The van der Waals surface area contributed by atoms with Crippen LogP contribution in [0.15, 0.2) is 36.7 Å². The summed E-state index contributed by atoms with van der Waals surface area (Å²) >= 11 is 0. The van der Waals surface area contributed by atoms with Gasteiger partial charge in [0.25, 0.3) is 0 Å². The molecule has 3 aromatic rings. The lowest BCUT2D eigenvalue weighted by atomic mass is 10.1. The number of aromatic amines is 1. The Bertz CT molecular complexity index is 1020. The van der Waals surface area contributed by atoms with Crippen LogP contribution in [-0.4, -0.2) is 46.5 Å². The van der Waals surface area contributed by atoms with Crippen LogP contribution in [0.4, 0.5) is 11.6 Å². The van der Waals surface area contributed by atoms with Gasteiger partial charge < -0.3 is 20.1 Å². The summed E-state index contributed by atoms with van der Waals surface area (Å²) in [7, 11) is 1.63. The summed E-state index contributed by atoms with van der Waals surface area (Å²) in [4.78, 5) is 8.11. The van der Waals surface area contributed by atoms with E-state index < -0.39 is 0 Å². The van der Waals surface area contributed by atoms with Crippen LogP contribution in [0.5, 0.6) is 11.5 Å². The molecule has 1 aliphatic heterocycles. The molecular weight excluding hydrogens is 370 g/mol. The molecule has 3 heterocycles. The third kappa shape index (κ3) is 4.28. The van der Waals surface area contributed by atoms with Gasteiger partial charge in [-0.15, -0.1) is 0 Å². The summed E-state index contributed by atoms with van der Waals surface area (Å²) in [6.07, 6.45) is 5.19. The monoisotopic (exact) mass is 391 g/mol. The highest BCUT2D eigenvalue weighted by Crippen LogP contribution is 2.34. The number of hydrogen-bond acceptors (Lipinski definition) is 8. The second kappa shape index (κ2) is 8.58. The fourth-order valence-corrected chi connectivity index (χ4v) is 3.23. The number of rotatable bonds is 6. The van der Waals surface area contributed by atoms with Gasteiger partial charge in [-0.3, -0.25) is 5.10 Å². The standard InChI is InChI=1S/C20H21N7O2/c1-28-18-10-14(29-13-4-6-22-7-5-13)2-3-15(18)16-11-19(27-26-16)25-20-17(12-21)23-8-9-24-20/h2-3,8-11,13,22H,4-7H2,1H3,(H2,24,25,26,27). The van der Waals surface area contributed by atoms with Crippen molar-refractivity contribution >= 4 is 11.6 Å². The molecule has 4 rings (SSSR count). The van der Waals surface area contributed by atoms with Gasteiger partial charge in [-0.25, -0.2) is 9.97 Å². The Hall–Kier alpha value is -3.64. The molecule has 29 heavy (non-hydrogen) atoms. The molecule has 0 radical (unpaired) electrons. The number of hydrogen-bond donors (Lipinski definition) is 3. The largest absolute Gasteiger partial charge is 0.496 e. The molecule has 0 atom stereocenters. The van der Waals surface area contributed by atoms with Crippen LogP contribution in [0.2, 0.25) is 0 Å². The summed E-state index contributed by atoms with van der Waals surface area (Å²) in [6, 6.07) is 9.59. The van der Waals surface area contributed by atoms with Gasteiger partial charge >= 0.3 is 0 Å². The Balaban J connectivity index is 1.53. The highest BCUT2D eigenvalue weighted by atomic mass is 16.5. The Morgan fingerprint density at radius 3 is 2.79 bits per heavy atom. The van der Waals surface area contributed by atoms with Gasteiger partial charge in [-0.2, -0.15) is 10.4 Å². The number of anilines is 2. The van der Waals surface area contributed by atoms with Crippen LogP contribution in [0.3, 0.4) is 0 Å². The van der Waals surface area contributed by atoms with E-state index >= 15 is 0 Å². The lowest BCUT2D eigenvalue weighted by Crippen LogP contribution is -2.34. The second-order valence-corrected chi connectivity index (χ2v) is 6.59. The fourth-order valence-electron chi connectivity index (χ4n) is 3.23. The Kier molecular flexibility index (Phi) is 5.54. The highest BCUT2D eigenvalue weighted by Gasteiger charge is 2.17. The van der Waals surface area contributed by atoms with Crippen molar-refractivity contribution in [3.8, 4) is 28.8 Å². The van der Waals surface area contributed by atoms with E-state index in [1.54, 1.807) is 7.11 Å². The molecule has 0 unspecified atom stereocenters.